The maximum atomic E-state index is 6.12. The van der Waals surface area contributed by atoms with Crippen molar-refractivity contribution in [3.8, 4) is 17.6 Å². The van der Waals surface area contributed by atoms with Crippen LogP contribution in [0.5, 0.6) is 5.75 Å². The normalized spacial score (nSPS) is 9.90. The number of ether oxygens (including phenoxy) is 1. The minimum absolute atomic E-state index is 0.327. The molecule has 2 nitrogen and oxygen atoms in total. The topological polar surface area (TPSA) is 35.2 Å². The highest BCUT2D eigenvalue weighted by Crippen LogP contribution is 2.27. The highest BCUT2D eigenvalue weighted by molar-refractivity contribution is 6.35. The number of halogens is 2. The molecule has 0 heterocycles. The Kier molecular flexibility index (Phi) is 5.52. The molecule has 0 aliphatic carbocycles. The largest absolute Gasteiger partial charge is 0.489 e. The summed E-state index contributed by atoms with van der Waals surface area (Å²) in [6, 6.07) is 11.2. The first kappa shape index (κ1) is 15.7. The van der Waals surface area contributed by atoms with E-state index in [0.717, 1.165) is 22.4 Å². The smallest absolute Gasteiger partial charge is 0.122 e. The Balaban J connectivity index is 2.14. The lowest BCUT2D eigenvalue weighted by atomic mass is 10.1. The van der Waals surface area contributed by atoms with E-state index >= 15 is 0 Å². The summed E-state index contributed by atoms with van der Waals surface area (Å²) in [5.41, 5.74) is 8.07. The summed E-state index contributed by atoms with van der Waals surface area (Å²) >= 11 is 12.2. The molecule has 2 aromatic rings. The van der Waals surface area contributed by atoms with Gasteiger partial charge in [0.15, 0.2) is 0 Å². The van der Waals surface area contributed by atoms with E-state index in [4.69, 9.17) is 33.7 Å². The summed E-state index contributed by atoms with van der Waals surface area (Å²) in [7, 11) is 0. The Labute approximate surface area is 134 Å². The quantitative estimate of drug-likeness (QED) is 0.861. The molecular formula is C17H15Cl2NO. The molecule has 0 radical (unpaired) electrons. The number of rotatable bonds is 3. The summed E-state index contributed by atoms with van der Waals surface area (Å²) in [5, 5.41) is 1.20. The zero-order valence-electron chi connectivity index (χ0n) is 11.6. The monoisotopic (exact) mass is 319 g/mol. The second-order valence-electron chi connectivity index (χ2n) is 4.48. The molecular weight excluding hydrogens is 305 g/mol. The molecule has 0 aliphatic heterocycles. The fourth-order valence-electron chi connectivity index (χ4n) is 1.86. The van der Waals surface area contributed by atoms with Gasteiger partial charge in [0.1, 0.15) is 12.4 Å². The van der Waals surface area contributed by atoms with E-state index in [0.29, 0.717) is 23.2 Å². The third-order valence-corrected chi connectivity index (χ3v) is 3.65. The molecule has 2 N–H and O–H groups in total. The van der Waals surface area contributed by atoms with Crippen LogP contribution in [0.1, 0.15) is 16.7 Å². The molecule has 0 fully saturated rings. The molecule has 0 spiro atoms. The van der Waals surface area contributed by atoms with Crippen molar-refractivity contribution >= 4 is 23.2 Å². The predicted molar refractivity (Wildman–Crippen MR) is 87.9 cm³/mol. The predicted octanol–water partition coefficient (Wildman–Crippen LogP) is 4.19. The van der Waals surface area contributed by atoms with Gasteiger partial charge in [0, 0.05) is 21.2 Å². The molecule has 0 saturated heterocycles. The van der Waals surface area contributed by atoms with Crippen molar-refractivity contribution in [3.63, 3.8) is 0 Å². The van der Waals surface area contributed by atoms with E-state index in [2.05, 4.69) is 11.8 Å². The van der Waals surface area contributed by atoms with Crippen LogP contribution >= 0.6 is 23.2 Å². The Morgan fingerprint density at radius 2 is 1.86 bits per heavy atom. The standard InChI is InChI=1S/C17H15Cl2NO/c1-12-10-13(4-3-9-20)7-8-17(12)21-11-14-15(18)5-2-6-16(14)19/h2,5-8,10H,9,11,20H2,1H3. The maximum Gasteiger partial charge on any atom is 0.122 e. The molecule has 21 heavy (non-hydrogen) atoms. The number of hydrogen-bond donors (Lipinski definition) is 1. The van der Waals surface area contributed by atoms with Crippen molar-refractivity contribution < 1.29 is 4.74 Å². The molecule has 0 bridgehead atoms. The summed E-state index contributed by atoms with van der Waals surface area (Å²) in [6.07, 6.45) is 0. The highest BCUT2D eigenvalue weighted by atomic mass is 35.5. The number of hydrogen-bond acceptors (Lipinski definition) is 2. The van der Waals surface area contributed by atoms with Crippen LogP contribution in [-0.4, -0.2) is 6.54 Å². The van der Waals surface area contributed by atoms with Crippen LogP contribution in [0, 0.1) is 18.8 Å². The number of aryl methyl sites for hydroxylation is 1. The van der Waals surface area contributed by atoms with Crippen molar-refractivity contribution in [3.05, 3.63) is 63.1 Å². The van der Waals surface area contributed by atoms with Crippen molar-refractivity contribution in [1.82, 2.24) is 0 Å². The second kappa shape index (κ2) is 7.38. The second-order valence-corrected chi connectivity index (χ2v) is 5.29. The molecule has 4 heteroatoms. The van der Waals surface area contributed by atoms with Gasteiger partial charge in [-0.05, 0) is 42.8 Å². The Morgan fingerprint density at radius 3 is 2.48 bits per heavy atom. The lowest BCUT2D eigenvalue weighted by molar-refractivity contribution is 0.304. The molecule has 0 amide bonds. The van der Waals surface area contributed by atoms with Crippen LogP contribution in [0.4, 0.5) is 0 Å². The minimum Gasteiger partial charge on any atom is -0.489 e. The van der Waals surface area contributed by atoms with E-state index in [1.807, 2.05) is 31.2 Å². The van der Waals surface area contributed by atoms with Crippen molar-refractivity contribution in [2.75, 3.05) is 6.54 Å². The van der Waals surface area contributed by atoms with Crippen molar-refractivity contribution in [2.45, 2.75) is 13.5 Å². The van der Waals surface area contributed by atoms with E-state index in [-0.39, 0.29) is 0 Å². The van der Waals surface area contributed by atoms with Gasteiger partial charge in [0.05, 0.1) is 6.54 Å². The third-order valence-electron chi connectivity index (χ3n) is 2.94. The molecule has 0 aromatic heterocycles. The summed E-state index contributed by atoms with van der Waals surface area (Å²) in [5.74, 6) is 6.60. The zero-order chi connectivity index (χ0) is 15.2. The first-order valence-electron chi connectivity index (χ1n) is 6.47. The maximum absolute atomic E-state index is 6.12. The summed E-state index contributed by atoms with van der Waals surface area (Å²) < 4.78 is 5.80. The van der Waals surface area contributed by atoms with Crippen LogP contribution in [0.3, 0.4) is 0 Å². The van der Waals surface area contributed by atoms with Gasteiger partial charge in [-0.2, -0.15) is 0 Å². The molecule has 0 atom stereocenters. The number of nitrogens with two attached hydrogens (primary N) is 1. The first-order valence-corrected chi connectivity index (χ1v) is 7.22. The van der Waals surface area contributed by atoms with E-state index in [1.165, 1.54) is 0 Å². The van der Waals surface area contributed by atoms with Gasteiger partial charge in [0.2, 0.25) is 0 Å². The molecule has 0 unspecified atom stereocenters. The molecule has 2 rings (SSSR count). The van der Waals surface area contributed by atoms with Crippen LogP contribution in [0.25, 0.3) is 0 Å². The SMILES string of the molecule is Cc1cc(C#CCN)ccc1OCc1c(Cl)cccc1Cl. The molecule has 2 aromatic carbocycles. The average Bonchev–Trinajstić information content (AvgIpc) is 2.46. The fourth-order valence-corrected chi connectivity index (χ4v) is 2.37. The summed E-state index contributed by atoms with van der Waals surface area (Å²) in [4.78, 5) is 0. The summed E-state index contributed by atoms with van der Waals surface area (Å²) in [6.45, 7) is 2.65. The van der Waals surface area contributed by atoms with Gasteiger partial charge in [-0.15, -0.1) is 0 Å². The number of benzene rings is 2. The Morgan fingerprint density at radius 1 is 1.14 bits per heavy atom. The van der Waals surface area contributed by atoms with Gasteiger partial charge in [-0.3, -0.25) is 0 Å². The molecule has 0 saturated carbocycles. The van der Waals surface area contributed by atoms with Crippen LogP contribution in [0.2, 0.25) is 10.0 Å². The van der Waals surface area contributed by atoms with Gasteiger partial charge in [-0.25, -0.2) is 0 Å². The van der Waals surface area contributed by atoms with Crippen LogP contribution < -0.4 is 10.5 Å². The minimum atomic E-state index is 0.327. The average molecular weight is 320 g/mol. The van der Waals surface area contributed by atoms with Crippen LogP contribution in [0.15, 0.2) is 36.4 Å². The lowest BCUT2D eigenvalue weighted by Crippen LogP contribution is -1.99. The van der Waals surface area contributed by atoms with Crippen molar-refractivity contribution in [2.24, 2.45) is 5.73 Å². The van der Waals surface area contributed by atoms with E-state index in [1.54, 1.807) is 12.1 Å². The molecule has 0 aliphatic rings. The van der Waals surface area contributed by atoms with Gasteiger partial charge >= 0.3 is 0 Å². The third kappa shape index (κ3) is 4.15. The van der Waals surface area contributed by atoms with Gasteiger partial charge < -0.3 is 10.5 Å². The highest BCUT2D eigenvalue weighted by Gasteiger charge is 2.07. The van der Waals surface area contributed by atoms with Gasteiger partial charge in [-0.1, -0.05) is 41.1 Å². The van der Waals surface area contributed by atoms with Gasteiger partial charge in [0.25, 0.3) is 0 Å². The van der Waals surface area contributed by atoms with Crippen LogP contribution in [-0.2, 0) is 6.61 Å². The zero-order valence-corrected chi connectivity index (χ0v) is 13.1. The lowest BCUT2D eigenvalue weighted by Gasteiger charge is -2.11. The Hall–Kier alpha value is -1.66. The van der Waals surface area contributed by atoms with Crippen molar-refractivity contribution in [1.29, 1.82) is 0 Å². The Bertz CT molecular complexity index is 681. The van der Waals surface area contributed by atoms with E-state index < -0.39 is 0 Å². The fraction of sp³-hybridized carbons (Fsp3) is 0.176. The van der Waals surface area contributed by atoms with E-state index in [9.17, 15) is 0 Å². The first-order chi connectivity index (χ1) is 10.1. The molecule has 108 valence electrons.